The molecule has 0 amide bonds. The second kappa shape index (κ2) is 5.62. The van der Waals surface area contributed by atoms with Gasteiger partial charge in [0.15, 0.2) is 5.78 Å². The van der Waals surface area contributed by atoms with E-state index in [0.29, 0.717) is 6.42 Å². The summed E-state index contributed by atoms with van der Waals surface area (Å²) in [4.78, 5) is 12.4. The van der Waals surface area contributed by atoms with Gasteiger partial charge in [0.2, 0.25) is 0 Å². The number of aryl methyl sites for hydroxylation is 1. The van der Waals surface area contributed by atoms with Gasteiger partial charge in [-0.25, -0.2) is 0 Å². The topological polar surface area (TPSA) is 17.1 Å². The molecule has 2 aromatic carbocycles. The third-order valence-corrected chi connectivity index (χ3v) is 3.54. The standard InChI is InChI=1S/C19H22O/c1-14-8-10-15(11-9-14)12-18(20)16-6-5-7-17(13-16)19(2,3)4/h5-11,13H,12H2,1-4H3. The van der Waals surface area contributed by atoms with Crippen LogP contribution in [0.1, 0.15) is 47.8 Å². The van der Waals surface area contributed by atoms with E-state index in [9.17, 15) is 4.79 Å². The predicted octanol–water partition coefficient (Wildman–Crippen LogP) is 4.72. The quantitative estimate of drug-likeness (QED) is 0.735. The minimum Gasteiger partial charge on any atom is -0.294 e. The van der Waals surface area contributed by atoms with Gasteiger partial charge in [-0.05, 0) is 29.5 Å². The van der Waals surface area contributed by atoms with E-state index in [2.05, 4.69) is 33.8 Å². The molecule has 0 saturated carbocycles. The second-order valence-electron chi connectivity index (χ2n) is 6.42. The molecule has 0 aromatic heterocycles. The van der Waals surface area contributed by atoms with Gasteiger partial charge in [-0.1, -0.05) is 68.8 Å². The monoisotopic (exact) mass is 266 g/mol. The van der Waals surface area contributed by atoms with Crippen molar-refractivity contribution in [2.75, 3.05) is 0 Å². The minimum absolute atomic E-state index is 0.0696. The van der Waals surface area contributed by atoms with Gasteiger partial charge in [0.05, 0.1) is 0 Å². The maximum absolute atomic E-state index is 12.4. The molecule has 0 bridgehead atoms. The Labute approximate surface area is 121 Å². The highest BCUT2D eigenvalue weighted by molar-refractivity contribution is 5.97. The fourth-order valence-corrected chi connectivity index (χ4v) is 2.15. The SMILES string of the molecule is Cc1ccc(CC(=O)c2cccc(C(C)(C)C)c2)cc1. The number of carbonyl (C=O) groups is 1. The molecule has 2 aromatic rings. The largest absolute Gasteiger partial charge is 0.294 e. The van der Waals surface area contributed by atoms with Gasteiger partial charge in [0, 0.05) is 12.0 Å². The van der Waals surface area contributed by atoms with E-state index >= 15 is 0 Å². The van der Waals surface area contributed by atoms with Crippen LogP contribution in [0.15, 0.2) is 48.5 Å². The minimum atomic E-state index is 0.0696. The molecular weight excluding hydrogens is 244 g/mol. The highest BCUT2D eigenvalue weighted by Gasteiger charge is 2.15. The van der Waals surface area contributed by atoms with Crippen molar-refractivity contribution in [1.82, 2.24) is 0 Å². The van der Waals surface area contributed by atoms with E-state index in [1.807, 2.05) is 42.5 Å². The third-order valence-electron chi connectivity index (χ3n) is 3.54. The average molecular weight is 266 g/mol. The molecule has 0 spiro atoms. The summed E-state index contributed by atoms with van der Waals surface area (Å²) < 4.78 is 0. The molecular formula is C19H22O. The first-order valence-corrected chi connectivity index (χ1v) is 7.05. The van der Waals surface area contributed by atoms with Crippen molar-refractivity contribution < 1.29 is 4.79 Å². The Morgan fingerprint density at radius 3 is 2.25 bits per heavy atom. The Balaban J connectivity index is 2.19. The van der Waals surface area contributed by atoms with Crippen LogP contribution in [0.3, 0.4) is 0 Å². The molecule has 0 atom stereocenters. The first-order valence-electron chi connectivity index (χ1n) is 7.05. The molecule has 0 radical (unpaired) electrons. The highest BCUT2D eigenvalue weighted by Crippen LogP contribution is 2.23. The zero-order valence-corrected chi connectivity index (χ0v) is 12.7. The summed E-state index contributed by atoms with van der Waals surface area (Å²) >= 11 is 0. The van der Waals surface area contributed by atoms with Crippen LogP contribution in [0.25, 0.3) is 0 Å². The van der Waals surface area contributed by atoms with Crippen LogP contribution in [-0.2, 0) is 11.8 Å². The lowest BCUT2D eigenvalue weighted by Gasteiger charge is -2.19. The molecule has 0 saturated heterocycles. The number of hydrogen-bond donors (Lipinski definition) is 0. The van der Waals surface area contributed by atoms with E-state index in [4.69, 9.17) is 0 Å². The van der Waals surface area contributed by atoms with E-state index in [-0.39, 0.29) is 11.2 Å². The zero-order chi connectivity index (χ0) is 14.8. The molecule has 0 N–H and O–H groups in total. The lowest BCUT2D eigenvalue weighted by molar-refractivity contribution is 0.0993. The van der Waals surface area contributed by atoms with Crippen molar-refractivity contribution in [2.45, 2.75) is 39.5 Å². The number of carbonyl (C=O) groups excluding carboxylic acids is 1. The lowest BCUT2D eigenvalue weighted by atomic mass is 9.85. The van der Waals surface area contributed by atoms with Crippen LogP contribution in [0, 0.1) is 6.92 Å². The smallest absolute Gasteiger partial charge is 0.167 e. The maximum atomic E-state index is 12.4. The normalized spacial score (nSPS) is 11.4. The summed E-state index contributed by atoms with van der Waals surface area (Å²) in [6, 6.07) is 16.2. The van der Waals surface area contributed by atoms with Crippen molar-refractivity contribution in [2.24, 2.45) is 0 Å². The van der Waals surface area contributed by atoms with Gasteiger partial charge >= 0.3 is 0 Å². The lowest BCUT2D eigenvalue weighted by Crippen LogP contribution is -2.12. The molecule has 1 nitrogen and oxygen atoms in total. The Kier molecular flexibility index (Phi) is 4.08. The molecule has 0 unspecified atom stereocenters. The molecule has 0 fully saturated rings. The summed E-state index contributed by atoms with van der Waals surface area (Å²) in [6.45, 7) is 8.54. The van der Waals surface area contributed by atoms with Crippen LogP contribution in [0.4, 0.5) is 0 Å². The van der Waals surface area contributed by atoms with E-state index in [1.54, 1.807) is 0 Å². The van der Waals surface area contributed by atoms with Crippen molar-refractivity contribution in [1.29, 1.82) is 0 Å². The molecule has 1 heteroatoms. The van der Waals surface area contributed by atoms with Gasteiger partial charge in [-0.3, -0.25) is 4.79 Å². The maximum Gasteiger partial charge on any atom is 0.167 e. The van der Waals surface area contributed by atoms with Crippen LogP contribution in [0.2, 0.25) is 0 Å². The molecule has 0 aliphatic carbocycles. The van der Waals surface area contributed by atoms with Crippen LogP contribution in [-0.4, -0.2) is 5.78 Å². The summed E-state index contributed by atoms with van der Waals surface area (Å²) in [7, 11) is 0. The zero-order valence-electron chi connectivity index (χ0n) is 12.7. The molecule has 0 aliphatic rings. The van der Waals surface area contributed by atoms with Gasteiger partial charge in [0.25, 0.3) is 0 Å². The predicted molar refractivity (Wildman–Crippen MR) is 84.4 cm³/mol. The highest BCUT2D eigenvalue weighted by atomic mass is 16.1. The number of benzene rings is 2. The van der Waals surface area contributed by atoms with Gasteiger partial charge in [-0.15, -0.1) is 0 Å². The van der Waals surface area contributed by atoms with E-state index in [1.165, 1.54) is 11.1 Å². The van der Waals surface area contributed by atoms with E-state index in [0.717, 1.165) is 11.1 Å². The van der Waals surface area contributed by atoms with Crippen LogP contribution >= 0.6 is 0 Å². The summed E-state index contributed by atoms with van der Waals surface area (Å²) in [5, 5.41) is 0. The first-order chi connectivity index (χ1) is 9.36. The summed E-state index contributed by atoms with van der Waals surface area (Å²) in [5.41, 5.74) is 4.36. The van der Waals surface area contributed by atoms with Crippen molar-refractivity contribution in [3.8, 4) is 0 Å². The summed E-state index contributed by atoms with van der Waals surface area (Å²) in [6.07, 6.45) is 0.466. The second-order valence-corrected chi connectivity index (χ2v) is 6.42. The Hall–Kier alpha value is -1.89. The van der Waals surface area contributed by atoms with Crippen LogP contribution < -0.4 is 0 Å². The van der Waals surface area contributed by atoms with Crippen molar-refractivity contribution in [3.05, 3.63) is 70.8 Å². The fraction of sp³-hybridized carbons (Fsp3) is 0.316. The molecule has 0 aliphatic heterocycles. The third kappa shape index (κ3) is 3.57. The van der Waals surface area contributed by atoms with Crippen molar-refractivity contribution >= 4 is 5.78 Å². The number of Topliss-reactive ketones (excluding diaryl/α,β-unsaturated/α-hetero) is 1. The molecule has 104 valence electrons. The molecule has 2 rings (SSSR count). The average Bonchev–Trinajstić information content (AvgIpc) is 2.40. The fourth-order valence-electron chi connectivity index (χ4n) is 2.15. The molecule has 0 heterocycles. The first kappa shape index (κ1) is 14.5. The number of ketones is 1. The number of rotatable bonds is 3. The van der Waals surface area contributed by atoms with Gasteiger partial charge in [-0.2, -0.15) is 0 Å². The Morgan fingerprint density at radius 1 is 1.00 bits per heavy atom. The Bertz CT molecular complexity index is 600. The summed E-state index contributed by atoms with van der Waals surface area (Å²) in [5.74, 6) is 0.181. The van der Waals surface area contributed by atoms with Gasteiger partial charge in [0.1, 0.15) is 0 Å². The van der Waals surface area contributed by atoms with Crippen LogP contribution in [0.5, 0.6) is 0 Å². The van der Waals surface area contributed by atoms with E-state index < -0.39 is 0 Å². The number of hydrogen-bond acceptors (Lipinski definition) is 1. The Morgan fingerprint density at radius 2 is 1.65 bits per heavy atom. The van der Waals surface area contributed by atoms with Crippen molar-refractivity contribution in [3.63, 3.8) is 0 Å². The van der Waals surface area contributed by atoms with Gasteiger partial charge < -0.3 is 0 Å². The molecule has 20 heavy (non-hydrogen) atoms.